The predicted octanol–water partition coefficient (Wildman–Crippen LogP) is 4.62. The van der Waals surface area contributed by atoms with Gasteiger partial charge in [-0.25, -0.2) is 0 Å². The third-order valence-corrected chi connectivity index (χ3v) is 6.09. The number of unbranched alkanes of at least 4 members (excludes halogenated alkanes) is 3. The van der Waals surface area contributed by atoms with Crippen LogP contribution in [0.1, 0.15) is 77.6 Å². The van der Waals surface area contributed by atoms with Gasteiger partial charge >= 0.3 is 0 Å². The lowest BCUT2D eigenvalue weighted by atomic mass is 9.61. The van der Waals surface area contributed by atoms with Gasteiger partial charge in [-0.05, 0) is 49.5 Å². The molecule has 0 saturated heterocycles. The quantitative estimate of drug-likeness (QED) is 0.546. The fourth-order valence-electron chi connectivity index (χ4n) is 5.05. The number of Topliss-reactive ketones (excluding diaryl/α,β-unsaturated/α-hetero) is 2. The summed E-state index contributed by atoms with van der Waals surface area (Å²) in [5.41, 5.74) is 0.412. The van der Waals surface area contributed by atoms with E-state index in [9.17, 15) is 9.59 Å². The average molecular weight is 288 g/mol. The second-order valence-corrected chi connectivity index (χ2v) is 7.28. The second-order valence-electron chi connectivity index (χ2n) is 7.28. The van der Waals surface area contributed by atoms with Crippen LogP contribution in [0.3, 0.4) is 0 Å². The first-order valence-corrected chi connectivity index (χ1v) is 8.99. The molecule has 3 atom stereocenters. The minimum absolute atomic E-state index is 0.220. The van der Waals surface area contributed by atoms with Crippen molar-refractivity contribution in [2.75, 3.05) is 0 Å². The zero-order valence-electron chi connectivity index (χ0n) is 13.3. The summed E-state index contributed by atoms with van der Waals surface area (Å²) in [7, 11) is 0. The highest BCUT2D eigenvalue weighted by Crippen LogP contribution is 2.56. The molecule has 2 fully saturated rings. The number of carbonyl (C=O) groups is 2. The Kier molecular flexibility index (Phi) is 4.33. The summed E-state index contributed by atoms with van der Waals surface area (Å²) in [5, 5.41) is 0. The van der Waals surface area contributed by atoms with Crippen molar-refractivity contribution in [3.8, 4) is 0 Å². The highest BCUT2D eigenvalue weighted by atomic mass is 16.2. The van der Waals surface area contributed by atoms with Gasteiger partial charge in [0.2, 0.25) is 0 Å². The molecule has 0 aromatic rings. The molecule has 2 bridgehead atoms. The van der Waals surface area contributed by atoms with Crippen LogP contribution in [0.15, 0.2) is 11.6 Å². The Hall–Kier alpha value is -0.920. The van der Waals surface area contributed by atoms with E-state index in [0.717, 1.165) is 37.7 Å². The SMILES string of the molecule is CCCCCCC1C=C2CCCC(=O)C3(CCCC13)C2=O. The zero-order valence-corrected chi connectivity index (χ0v) is 13.3. The van der Waals surface area contributed by atoms with Gasteiger partial charge < -0.3 is 0 Å². The Morgan fingerprint density at radius 3 is 2.81 bits per heavy atom. The van der Waals surface area contributed by atoms with Crippen molar-refractivity contribution in [1.29, 1.82) is 0 Å². The largest absolute Gasteiger partial charge is 0.299 e. The molecule has 21 heavy (non-hydrogen) atoms. The summed E-state index contributed by atoms with van der Waals surface area (Å²) in [6.07, 6.45) is 13.9. The summed E-state index contributed by atoms with van der Waals surface area (Å²) >= 11 is 0. The normalized spacial score (nSPS) is 35.4. The van der Waals surface area contributed by atoms with E-state index in [4.69, 9.17) is 0 Å². The smallest absolute Gasteiger partial charge is 0.172 e. The molecule has 0 aromatic heterocycles. The lowest BCUT2D eigenvalue weighted by Gasteiger charge is -2.40. The minimum atomic E-state index is -0.587. The van der Waals surface area contributed by atoms with Crippen LogP contribution in [-0.2, 0) is 9.59 Å². The number of carbonyl (C=O) groups excluding carboxylic acids is 2. The molecule has 0 N–H and O–H groups in total. The molecule has 0 radical (unpaired) electrons. The monoisotopic (exact) mass is 288 g/mol. The molecule has 3 aliphatic rings. The van der Waals surface area contributed by atoms with Gasteiger partial charge in [0.1, 0.15) is 5.78 Å². The highest BCUT2D eigenvalue weighted by Gasteiger charge is 2.58. The predicted molar refractivity (Wildman–Crippen MR) is 84.0 cm³/mol. The van der Waals surface area contributed by atoms with E-state index in [0.29, 0.717) is 18.3 Å². The molecule has 0 aliphatic heterocycles. The Bertz CT molecular complexity index is 462. The molecule has 1 spiro atoms. The van der Waals surface area contributed by atoms with E-state index < -0.39 is 5.41 Å². The maximum Gasteiger partial charge on any atom is 0.172 e. The number of ketones is 2. The van der Waals surface area contributed by atoms with Crippen molar-refractivity contribution in [3.63, 3.8) is 0 Å². The van der Waals surface area contributed by atoms with E-state index in [-0.39, 0.29) is 11.6 Å². The third kappa shape index (κ3) is 2.41. The molecule has 3 aliphatic carbocycles. The maximum atomic E-state index is 12.9. The van der Waals surface area contributed by atoms with Crippen molar-refractivity contribution in [1.82, 2.24) is 0 Å². The van der Waals surface area contributed by atoms with Gasteiger partial charge in [-0.1, -0.05) is 45.1 Å². The van der Waals surface area contributed by atoms with Gasteiger partial charge in [-0.2, -0.15) is 0 Å². The summed E-state index contributed by atoms with van der Waals surface area (Å²) in [5.74, 6) is 1.30. The van der Waals surface area contributed by atoms with Crippen molar-refractivity contribution in [2.24, 2.45) is 17.3 Å². The topological polar surface area (TPSA) is 34.1 Å². The molecule has 0 heterocycles. The molecular weight excluding hydrogens is 260 g/mol. The Balaban J connectivity index is 1.84. The fraction of sp³-hybridized carbons (Fsp3) is 0.789. The second kappa shape index (κ2) is 6.06. The first-order chi connectivity index (χ1) is 10.2. The van der Waals surface area contributed by atoms with E-state index in [2.05, 4.69) is 13.0 Å². The van der Waals surface area contributed by atoms with Crippen LogP contribution in [0.25, 0.3) is 0 Å². The van der Waals surface area contributed by atoms with Crippen molar-refractivity contribution < 1.29 is 9.59 Å². The van der Waals surface area contributed by atoms with Crippen LogP contribution in [0.2, 0.25) is 0 Å². The molecular formula is C19H28O2. The number of fused-ring (bicyclic) bond motifs is 1. The molecule has 2 nitrogen and oxygen atoms in total. The highest BCUT2D eigenvalue weighted by molar-refractivity contribution is 6.16. The molecule has 3 rings (SSSR count). The molecule has 2 heteroatoms. The van der Waals surface area contributed by atoms with Crippen LogP contribution in [0.5, 0.6) is 0 Å². The van der Waals surface area contributed by atoms with Crippen molar-refractivity contribution >= 4 is 11.6 Å². The molecule has 0 aromatic carbocycles. The van der Waals surface area contributed by atoms with Gasteiger partial charge in [0.25, 0.3) is 0 Å². The van der Waals surface area contributed by atoms with Gasteiger partial charge in [0.05, 0.1) is 5.41 Å². The van der Waals surface area contributed by atoms with Crippen LogP contribution in [0.4, 0.5) is 0 Å². The van der Waals surface area contributed by atoms with Crippen LogP contribution >= 0.6 is 0 Å². The first-order valence-electron chi connectivity index (χ1n) is 8.99. The van der Waals surface area contributed by atoms with E-state index >= 15 is 0 Å². The fourth-order valence-corrected chi connectivity index (χ4v) is 5.05. The number of hydrogen-bond donors (Lipinski definition) is 0. The summed E-state index contributed by atoms with van der Waals surface area (Å²) in [6, 6.07) is 0. The third-order valence-electron chi connectivity index (χ3n) is 6.09. The molecule has 3 unspecified atom stereocenters. The van der Waals surface area contributed by atoms with E-state index in [1.165, 1.54) is 32.1 Å². The summed E-state index contributed by atoms with van der Waals surface area (Å²) < 4.78 is 0. The lowest BCUT2D eigenvalue weighted by Crippen LogP contribution is -2.47. The standard InChI is InChI=1S/C19H28O2/c1-2-3-4-5-8-14-13-15-9-6-11-17(20)19(18(15)21)12-7-10-16(14)19/h13-14,16H,2-12H2,1H3. The van der Waals surface area contributed by atoms with Crippen LogP contribution in [-0.4, -0.2) is 11.6 Å². The van der Waals surface area contributed by atoms with Crippen LogP contribution < -0.4 is 0 Å². The number of hydrogen-bond acceptors (Lipinski definition) is 2. The van der Waals surface area contributed by atoms with E-state index in [1.54, 1.807) is 0 Å². The average Bonchev–Trinajstić information content (AvgIpc) is 2.90. The lowest BCUT2D eigenvalue weighted by molar-refractivity contribution is -0.142. The van der Waals surface area contributed by atoms with Crippen molar-refractivity contribution in [2.45, 2.75) is 77.6 Å². The van der Waals surface area contributed by atoms with Gasteiger partial charge in [-0.15, -0.1) is 0 Å². The molecule has 0 amide bonds. The number of rotatable bonds is 5. The maximum absolute atomic E-state index is 12.9. The first kappa shape index (κ1) is 15.0. The summed E-state index contributed by atoms with van der Waals surface area (Å²) in [4.78, 5) is 25.6. The molecule has 116 valence electrons. The van der Waals surface area contributed by atoms with E-state index in [1.807, 2.05) is 0 Å². The van der Waals surface area contributed by atoms with Gasteiger partial charge in [0.15, 0.2) is 5.78 Å². The Morgan fingerprint density at radius 2 is 2.00 bits per heavy atom. The van der Waals surface area contributed by atoms with Gasteiger partial charge in [-0.3, -0.25) is 9.59 Å². The zero-order chi connectivity index (χ0) is 14.9. The molecule has 2 saturated carbocycles. The minimum Gasteiger partial charge on any atom is -0.299 e. The Morgan fingerprint density at radius 1 is 1.14 bits per heavy atom. The summed E-state index contributed by atoms with van der Waals surface area (Å²) in [6.45, 7) is 2.24. The van der Waals surface area contributed by atoms with Crippen LogP contribution in [0, 0.1) is 17.3 Å². The Labute approximate surface area is 128 Å². The van der Waals surface area contributed by atoms with Crippen molar-refractivity contribution in [3.05, 3.63) is 11.6 Å². The number of allylic oxidation sites excluding steroid dienone is 2. The van der Waals surface area contributed by atoms with Gasteiger partial charge in [0, 0.05) is 6.42 Å².